The van der Waals surface area contributed by atoms with Gasteiger partial charge in [-0.2, -0.15) is 0 Å². The van der Waals surface area contributed by atoms with E-state index in [-0.39, 0.29) is 24.0 Å². The largest absolute Gasteiger partial charge is 0.357 e. The SMILES string of the molecule is CCNC(=NCCCc1nnc2ccccn12)N1CCC(Cc2ccccc2)CC1.I. The van der Waals surface area contributed by atoms with Gasteiger partial charge in [-0.25, -0.2) is 0 Å². The molecular formula is C24H33IN6. The quantitative estimate of drug-likeness (QED) is 0.215. The van der Waals surface area contributed by atoms with Crippen molar-refractivity contribution >= 4 is 35.6 Å². The molecule has 3 heterocycles. The van der Waals surface area contributed by atoms with Crippen LogP contribution in [0.15, 0.2) is 59.7 Å². The molecule has 0 saturated carbocycles. The van der Waals surface area contributed by atoms with Crippen molar-refractivity contribution < 1.29 is 0 Å². The number of benzene rings is 1. The second-order valence-corrected chi connectivity index (χ2v) is 8.00. The molecule has 0 atom stereocenters. The van der Waals surface area contributed by atoms with Crippen molar-refractivity contribution in [3.63, 3.8) is 0 Å². The van der Waals surface area contributed by atoms with E-state index in [9.17, 15) is 0 Å². The molecule has 1 fully saturated rings. The van der Waals surface area contributed by atoms with Crippen molar-refractivity contribution in [3.05, 3.63) is 66.1 Å². The number of hydrogen-bond acceptors (Lipinski definition) is 3. The lowest BCUT2D eigenvalue weighted by Gasteiger charge is -2.34. The van der Waals surface area contributed by atoms with Gasteiger partial charge in [0.05, 0.1) is 0 Å². The number of hydrogen-bond donors (Lipinski definition) is 1. The molecule has 166 valence electrons. The molecule has 6 nitrogen and oxygen atoms in total. The van der Waals surface area contributed by atoms with Crippen LogP contribution in [0, 0.1) is 5.92 Å². The monoisotopic (exact) mass is 532 g/mol. The highest BCUT2D eigenvalue weighted by atomic mass is 127. The summed E-state index contributed by atoms with van der Waals surface area (Å²) in [5.41, 5.74) is 2.36. The first-order chi connectivity index (χ1) is 14.8. The van der Waals surface area contributed by atoms with E-state index in [0.717, 1.165) is 62.4 Å². The molecule has 0 unspecified atom stereocenters. The van der Waals surface area contributed by atoms with Gasteiger partial charge < -0.3 is 10.2 Å². The number of nitrogens with zero attached hydrogens (tertiary/aromatic N) is 5. The van der Waals surface area contributed by atoms with Gasteiger partial charge >= 0.3 is 0 Å². The second-order valence-electron chi connectivity index (χ2n) is 8.00. The Hall–Kier alpha value is -2.16. The molecule has 0 aliphatic carbocycles. The van der Waals surface area contributed by atoms with Crippen LogP contribution in [-0.2, 0) is 12.8 Å². The van der Waals surface area contributed by atoms with Crippen molar-refractivity contribution in [2.45, 2.75) is 39.0 Å². The third kappa shape index (κ3) is 6.41. The summed E-state index contributed by atoms with van der Waals surface area (Å²) in [6.07, 6.45) is 7.52. The maximum absolute atomic E-state index is 4.90. The maximum atomic E-state index is 4.90. The van der Waals surface area contributed by atoms with Crippen LogP contribution in [-0.4, -0.2) is 51.6 Å². The van der Waals surface area contributed by atoms with Gasteiger partial charge in [0.25, 0.3) is 0 Å². The van der Waals surface area contributed by atoms with Gasteiger partial charge in [0, 0.05) is 38.8 Å². The molecule has 4 rings (SSSR count). The molecule has 1 aliphatic heterocycles. The van der Waals surface area contributed by atoms with Crippen LogP contribution >= 0.6 is 24.0 Å². The summed E-state index contributed by atoms with van der Waals surface area (Å²) in [7, 11) is 0. The zero-order chi connectivity index (χ0) is 20.6. The van der Waals surface area contributed by atoms with E-state index >= 15 is 0 Å². The summed E-state index contributed by atoms with van der Waals surface area (Å²) in [5, 5.41) is 12.0. The van der Waals surface area contributed by atoms with Crippen molar-refractivity contribution in [1.82, 2.24) is 24.8 Å². The minimum absolute atomic E-state index is 0. The van der Waals surface area contributed by atoms with E-state index < -0.39 is 0 Å². The first-order valence-corrected chi connectivity index (χ1v) is 11.2. The second kappa shape index (κ2) is 12.0. The number of rotatable bonds is 7. The lowest BCUT2D eigenvalue weighted by molar-refractivity contribution is 0.259. The Labute approximate surface area is 202 Å². The fourth-order valence-corrected chi connectivity index (χ4v) is 4.21. The number of piperidine rings is 1. The lowest BCUT2D eigenvalue weighted by atomic mass is 9.90. The summed E-state index contributed by atoms with van der Waals surface area (Å²) in [5.74, 6) is 2.84. The summed E-state index contributed by atoms with van der Waals surface area (Å²) >= 11 is 0. The maximum Gasteiger partial charge on any atom is 0.193 e. The number of guanidine groups is 1. The molecule has 7 heteroatoms. The molecule has 1 aromatic carbocycles. The number of halogens is 1. The number of aliphatic imine (C=N–C) groups is 1. The average Bonchev–Trinajstić information content (AvgIpc) is 3.20. The molecule has 31 heavy (non-hydrogen) atoms. The van der Waals surface area contributed by atoms with E-state index in [0.29, 0.717) is 0 Å². The molecule has 1 N–H and O–H groups in total. The summed E-state index contributed by atoms with van der Waals surface area (Å²) in [6, 6.07) is 16.9. The number of aromatic nitrogens is 3. The van der Waals surface area contributed by atoms with Gasteiger partial charge in [0.2, 0.25) is 0 Å². The lowest BCUT2D eigenvalue weighted by Crippen LogP contribution is -2.46. The summed E-state index contributed by atoms with van der Waals surface area (Å²) < 4.78 is 2.06. The normalized spacial score (nSPS) is 15.1. The molecule has 3 aromatic rings. The first kappa shape index (κ1) is 23.5. The van der Waals surface area contributed by atoms with Gasteiger partial charge in [0.1, 0.15) is 5.82 Å². The van der Waals surface area contributed by atoms with Gasteiger partial charge in [-0.1, -0.05) is 36.4 Å². The van der Waals surface area contributed by atoms with Crippen LogP contribution in [0.2, 0.25) is 0 Å². The molecule has 1 aliphatic rings. The van der Waals surface area contributed by atoms with Gasteiger partial charge in [-0.15, -0.1) is 34.2 Å². The molecule has 0 amide bonds. The molecule has 2 aromatic heterocycles. The fraction of sp³-hybridized carbons (Fsp3) is 0.458. The zero-order valence-electron chi connectivity index (χ0n) is 18.3. The smallest absolute Gasteiger partial charge is 0.193 e. The van der Waals surface area contributed by atoms with Crippen LogP contribution in [0.3, 0.4) is 0 Å². The molecule has 0 spiro atoms. The minimum Gasteiger partial charge on any atom is -0.357 e. The Balaban J connectivity index is 0.00000272. The van der Waals surface area contributed by atoms with E-state index in [1.54, 1.807) is 0 Å². The number of pyridine rings is 1. The van der Waals surface area contributed by atoms with Gasteiger partial charge in [-0.3, -0.25) is 9.39 Å². The Morgan fingerprint density at radius 3 is 2.61 bits per heavy atom. The zero-order valence-corrected chi connectivity index (χ0v) is 20.6. The molecular weight excluding hydrogens is 499 g/mol. The van der Waals surface area contributed by atoms with E-state index in [4.69, 9.17) is 4.99 Å². The standard InChI is InChI=1S/C24H32N6.HI/c1-2-25-24(26-15-8-12-23-28-27-22-11-6-7-16-30(22)23)29-17-13-21(14-18-29)19-20-9-4-3-5-10-20;/h3-7,9-11,16,21H,2,8,12-15,17-19H2,1H3,(H,25,26);1H. The van der Waals surface area contributed by atoms with Crippen molar-refractivity contribution in [2.24, 2.45) is 10.9 Å². The van der Waals surface area contributed by atoms with Crippen LogP contribution in [0.1, 0.15) is 37.6 Å². The third-order valence-electron chi connectivity index (χ3n) is 5.82. The minimum atomic E-state index is 0. The number of likely N-dealkylation sites (tertiary alicyclic amines) is 1. The highest BCUT2D eigenvalue weighted by molar-refractivity contribution is 14.0. The van der Waals surface area contributed by atoms with E-state index in [1.165, 1.54) is 24.8 Å². The summed E-state index contributed by atoms with van der Waals surface area (Å²) in [6.45, 7) is 6.00. The first-order valence-electron chi connectivity index (χ1n) is 11.2. The predicted molar refractivity (Wildman–Crippen MR) is 137 cm³/mol. The van der Waals surface area contributed by atoms with Crippen LogP contribution in [0.25, 0.3) is 5.65 Å². The van der Waals surface area contributed by atoms with Crippen molar-refractivity contribution in [3.8, 4) is 0 Å². The number of fused-ring (bicyclic) bond motifs is 1. The van der Waals surface area contributed by atoms with Crippen molar-refractivity contribution in [1.29, 1.82) is 0 Å². The highest BCUT2D eigenvalue weighted by Gasteiger charge is 2.21. The van der Waals surface area contributed by atoms with E-state index in [2.05, 4.69) is 62.1 Å². The molecule has 1 saturated heterocycles. The third-order valence-corrected chi connectivity index (χ3v) is 5.82. The topological polar surface area (TPSA) is 57.8 Å². The molecule has 0 bridgehead atoms. The number of aryl methyl sites for hydroxylation is 1. The predicted octanol–water partition coefficient (Wildman–Crippen LogP) is 4.20. The highest BCUT2D eigenvalue weighted by Crippen LogP contribution is 2.21. The fourth-order valence-electron chi connectivity index (χ4n) is 4.21. The Morgan fingerprint density at radius 1 is 1.06 bits per heavy atom. The Bertz CT molecular complexity index is 947. The Kier molecular flexibility index (Phi) is 9.12. The van der Waals surface area contributed by atoms with Crippen LogP contribution in [0.5, 0.6) is 0 Å². The Morgan fingerprint density at radius 2 is 1.84 bits per heavy atom. The van der Waals surface area contributed by atoms with E-state index in [1.807, 2.05) is 24.4 Å². The number of nitrogens with one attached hydrogen (secondary N) is 1. The average molecular weight is 532 g/mol. The molecule has 0 radical (unpaired) electrons. The van der Waals surface area contributed by atoms with Gasteiger partial charge in [0.15, 0.2) is 11.6 Å². The summed E-state index contributed by atoms with van der Waals surface area (Å²) in [4.78, 5) is 7.33. The van der Waals surface area contributed by atoms with Crippen molar-refractivity contribution in [2.75, 3.05) is 26.2 Å². The van der Waals surface area contributed by atoms with Crippen LogP contribution < -0.4 is 5.32 Å². The van der Waals surface area contributed by atoms with Crippen LogP contribution in [0.4, 0.5) is 0 Å². The van der Waals surface area contributed by atoms with Gasteiger partial charge in [-0.05, 0) is 56.2 Å².